The summed E-state index contributed by atoms with van der Waals surface area (Å²) in [5.41, 5.74) is 10.5. The fourth-order valence-corrected chi connectivity index (χ4v) is 5.99. The number of fused-ring (bicyclic) bond motifs is 1. The standard InChI is InChI=1S/C43H30N4/c1-29-19-20-35(28-44-29)30-21-23-31(24-22-30)36-25-37(40-18-10-16-32-11-8-9-17-39(32)40)27-38(26-36)43-46-41(33-12-4-2-5-13-33)45-42(47-43)34-14-6-3-7-15-34/h2-28H,1H3. The third-order valence-electron chi connectivity index (χ3n) is 8.45. The van der Waals surface area contributed by atoms with E-state index in [2.05, 4.69) is 96.0 Å². The maximum absolute atomic E-state index is 5.06. The highest BCUT2D eigenvalue weighted by molar-refractivity contribution is 5.98. The summed E-state index contributed by atoms with van der Waals surface area (Å²) < 4.78 is 0. The van der Waals surface area contributed by atoms with Crippen molar-refractivity contribution in [3.8, 4) is 67.5 Å². The van der Waals surface area contributed by atoms with E-state index in [9.17, 15) is 0 Å². The zero-order chi connectivity index (χ0) is 31.6. The minimum absolute atomic E-state index is 0.628. The Balaban J connectivity index is 1.33. The Bertz CT molecular complexity index is 2270. The second-order valence-corrected chi connectivity index (χ2v) is 11.6. The predicted molar refractivity (Wildman–Crippen MR) is 192 cm³/mol. The molecule has 0 aliphatic carbocycles. The summed E-state index contributed by atoms with van der Waals surface area (Å²) in [5, 5.41) is 2.40. The molecule has 2 aromatic heterocycles. The maximum Gasteiger partial charge on any atom is 0.164 e. The summed E-state index contributed by atoms with van der Waals surface area (Å²) in [6.45, 7) is 2.01. The molecule has 4 nitrogen and oxygen atoms in total. The minimum atomic E-state index is 0.628. The molecule has 0 atom stereocenters. The molecule has 0 saturated carbocycles. The molecular weight excluding hydrogens is 573 g/mol. The Morgan fingerprint density at radius 3 is 1.51 bits per heavy atom. The number of aryl methyl sites for hydroxylation is 1. The Morgan fingerprint density at radius 2 is 0.872 bits per heavy atom. The lowest BCUT2D eigenvalue weighted by molar-refractivity contribution is 1.07. The molecule has 222 valence electrons. The van der Waals surface area contributed by atoms with Gasteiger partial charge in [-0.2, -0.15) is 0 Å². The second kappa shape index (κ2) is 12.3. The molecule has 6 aromatic carbocycles. The van der Waals surface area contributed by atoms with Crippen molar-refractivity contribution in [3.63, 3.8) is 0 Å². The highest BCUT2D eigenvalue weighted by Gasteiger charge is 2.15. The van der Waals surface area contributed by atoms with Crippen molar-refractivity contribution in [2.45, 2.75) is 6.92 Å². The lowest BCUT2D eigenvalue weighted by Crippen LogP contribution is -2.00. The van der Waals surface area contributed by atoms with Crippen LogP contribution in [0.5, 0.6) is 0 Å². The molecule has 8 rings (SSSR count). The fraction of sp³-hybridized carbons (Fsp3) is 0.0233. The fourth-order valence-electron chi connectivity index (χ4n) is 5.99. The average molecular weight is 603 g/mol. The van der Waals surface area contributed by atoms with Crippen molar-refractivity contribution in [3.05, 3.63) is 170 Å². The summed E-state index contributed by atoms with van der Waals surface area (Å²) in [5.74, 6) is 1.91. The minimum Gasteiger partial charge on any atom is -0.261 e. The second-order valence-electron chi connectivity index (χ2n) is 11.6. The van der Waals surface area contributed by atoms with Crippen molar-refractivity contribution in [1.82, 2.24) is 19.9 Å². The lowest BCUT2D eigenvalue weighted by Gasteiger charge is -2.14. The number of hydrogen-bond donors (Lipinski definition) is 0. The van der Waals surface area contributed by atoms with Crippen LogP contribution in [0.15, 0.2) is 164 Å². The molecule has 0 aliphatic rings. The number of nitrogens with zero attached hydrogens (tertiary/aromatic N) is 4. The van der Waals surface area contributed by atoms with Gasteiger partial charge in [0.05, 0.1) is 0 Å². The van der Waals surface area contributed by atoms with Gasteiger partial charge in [0, 0.05) is 34.1 Å². The van der Waals surface area contributed by atoms with Gasteiger partial charge in [-0.1, -0.05) is 133 Å². The van der Waals surface area contributed by atoms with Crippen LogP contribution in [-0.4, -0.2) is 19.9 Å². The molecule has 47 heavy (non-hydrogen) atoms. The lowest BCUT2D eigenvalue weighted by atomic mass is 9.92. The van der Waals surface area contributed by atoms with Crippen LogP contribution in [-0.2, 0) is 0 Å². The van der Waals surface area contributed by atoms with Crippen molar-refractivity contribution in [2.75, 3.05) is 0 Å². The van der Waals surface area contributed by atoms with E-state index in [1.54, 1.807) is 0 Å². The van der Waals surface area contributed by atoms with Gasteiger partial charge in [0.15, 0.2) is 17.5 Å². The molecular formula is C43H30N4. The summed E-state index contributed by atoms with van der Waals surface area (Å²) in [6.07, 6.45) is 1.93. The number of hydrogen-bond acceptors (Lipinski definition) is 4. The zero-order valence-electron chi connectivity index (χ0n) is 25.9. The Labute approximate surface area is 274 Å². The third-order valence-corrected chi connectivity index (χ3v) is 8.45. The first-order valence-electron chi connectivity index (χ1n) is 15.7. The van der Waals surface area contributed by atoms with Crippen LogP contribution in [0, 0.1) is 6.92 Å². The van der Waals surface area contributed by atoms with Gasteiger partial charge in [-0.25, -0.2) is 15.0 Å². The molecule has 0 unspecified atom stereocenters. The van der Waals surface area contributed by atoms with Crippen LogP contribution < -0.4 is 0 Å². The highest BCUT2D eigenvalue weighted by Crippen LogP contribution is 2.36. The first-order valence-corrected chi connectivity index (χ1v) is 15.7. The van der Waals surface area contributed by atoms with Gasteiger partial charge in [0.25, 0.3) is 0 Å². The van der Waals surface area contributed by atoms with E-state index in [4.69, 9.17) is 15.0 Å². The Hall–Kier alpha value is -6.26. The van der Waals surface area contributed by atoms with Gasteiger partial charge in [-0.15, -0.1) is 0 Å². The van der Waals surface area contributed by atoms with Crippen LogP contribution in [0.3, 0.4) is 0 Å². The predicted octanol–water partition coefficient (Wildman–Crippen LogP) is 10.7. The van der Waals surface area contributed by atoms with E-state index in [1.165, 1.54) is 10.8 Å². The summed E-state index contributed by atoms with van der Waals surface area (Å²) in [4.78, 5) is 19.5. The Morgan fingerprint density at radius 1 is 0.362 bits per heavy atom. The Kier molecular flexibility index (Phi) is 7.37. The number of aromatic nitrogens is 4. The SMILES string of the molecule is Cc1ccc(-c2ccc(-c3cc(-c4nc(-c5ccccc5)nc(-c5ccccc5)n4)cc(-c4cccc5ccccc45)c3)cc2)cn1. The van der Waals surface area contributed by atoms with Gasteiger partial charge in [0.2, 0.25) is 0 Å². The topological polar surface area (TPSA) is 51.6 Å². The van der Waals surface area contributed by atoms with E-state index >= 15 is 0 Å². The van der Waals surface area contributed by atoms with Crippen LogP contribution in [0.4, 0.5) is 0 Å². The van der Waals surface area contributed by atoms with Crippen LogP contribution >= 0.6 is 0 Å². The third kappa shape index (κ3) is 5.81. The van der Waals surface area contributed by atoms with Crippen LogP contribution in [0.1, 0.15) is 5.69 Å². The van der Waals surface area contributed by atoms with Gasteiger partial charge in [0.1, 0.15) is 0 Å². The molecule has 0 saturated heterocycles. The molecule has 0 radical (unpaired) electrons. The van der Waals surface area contributed by atoms with E-state index in [0.717, 1.165) is 55.8 Å². The van der Waals surface area contributed by atoms with E-state index in [0.29, 0.717) is 17.5 Å². The van der Waals surface area contributed by atoms with Crippen molar-refractivity contribution in [1.29, 1.82) is 0 Å². The monoisotopic (exact) mass is 602 g/mol. The molecule has 0 fully saturated rings. The zero-order valence-corrected chi connectivity index (χ0v) is 25.9. The van der Waals surface area contributed by atoms with Gasteiger partial charge in [-0.3, -0.25) is 4.98 Å². The summed E-state index contributed by atoms with van der Waals surface area (Å²) in [6, 6.07) is 54.7. The smallest absolute Gasteiger partial charge is 0.164 e. The summed E-state index contributed by atoms with van der Waals surface area (Å²) in [7, 11) is 0. The maximum atomic E-state index is 5.06. The van der Waals surface area contributed by atoms with Crippen molar-refractivity contribution >= 4 is 10.8 Å². The first kappa shape index (κ1) is 28.2. The summed E-state index contributed by atoms with van der Waals surface area (Å²) >= 11 is 0. The molecule has 4 heteroatoms. The molecule has 0 amide bonds. The quantitative estimate of drug-likeness (QED) is 0.190. The van der Waals surface area contributed by atoms with Gasteiger partial charge in [-0.05, 0) is 69.8 Å². The van der Waals surface area contributed by atoms with Gasteiger partial charge < -0.3 is 0 Å². The van der Waals surface area contributed by atoms with Crippen LogP contribution in [0.25, 0.3) is 78.3 Å². The number of rotatable bonds is 6. The largest absolute Gasteiger partial charge is 0.261 e. The molecule has 8 aromatic rings. The molecule has 0 aliphatic heterocycles. The number of benzene rings is 6. The highest BCUT2D eigenvalue weighted by atomic mass is 15.0. The number of pyridine rings is 1. The average Bonchev–Trinajstić information content (AvgIpc) is 3.15. The molecule has 0 bridgehead atoms. The normalized spacial score (nSPS) is 11.1. The van der Waals surface area contributed by atoms with Gasteiger partial charge >= 0.3 is 0 Å². The molecule has 2 heterocycles. The first-order chi connectivity index (χ1) is 23.2. The van der Waals surface area contributed by atoms with Crippen molar-refractivity contribution in [2.24, 2.45) is 0 Å². The molecule has 0 N–H and O–H groups in total. The van der Waals surface area contributed by atoms with E-state index in [1.807, 2.05) is 79.9 Å². The van der Waals surface area contributed by atoms with E-state index in [-0.39, 0.29) is 0 Å². The van der Waals surface area contributed by atoms with Crippen molar-refractivity contribution < 1.29 is 0 Å². The molecule has 0 spiro atoms. The van der Waals surface area contributed by atoms with E-state index < -0.39 is 0 Å². The van der Waals surface area contributed by atoms with Crippen LogP contribution in [0.2, 0.25) is 0 Å².